The molecule has 98 valence electrons. The number of nitriles is 1. The number of rotatable bonds is 5. The van der Waals surface area contributed by atoms with Gasteiger partial charge in [-0.3, -0.25) is 0 Å². The second kappa shape index (κ2) is 6.44. The van der Waals surface area contributed by atoms with Crippen molar-refractivity contribution in [1.82, 2.24) is 0 Å². The summed E-state index contributed by atoms with van der Waals surface area (Å²) in [7, 11) is 0. The van der Waals surface area contributed by atoms with Crippen LogP contribution in [-0.2, 0) is 0 Å². The standard InChI is InChI=1S/C16H24N2/c1-11(2)16(12(3)4)10-18-15-7-6-14(9-17)13(5)8-15/h6-8,11-12,16,18H,10H2,1-5H3. The first-order chi connectivity index (χ1) is 8.45. The normalized spacial score (nSPS) is 11.1. The highest BCUT2D eigenvalue weighted by Crippen LogP contribution is 2.22. The fourth-order valence-corrected chi connectivity index (χ4v) is 2.38. The van der Waals surface area contributed by atoms with Crippen LogP contribution >= 0.6 is 0 Å². The van der Waals surface area contributed by atoms with Crippen LogP contribution in [0.15, 0.2) is 18.2 Å². The Balaban J connectivity index is 2.69. The van der Waals surface area contributed by atoms with Gasteiger partial charge in [-0.05, 0) is 48.4 Å². The molecule has 0 unspecified atom stereocenters. The quantitative estimate of drug-likeness (QED) is 0.842. The van der Waals surface area contributed by atoms with E-state index in [-0.39, 0.29) is 0 Å². The number of hydrogen-bond donors (Lipinski definition) is 1. The lowest BCUT2D eigenvalue weighted by molar-refractivity contribution is 0.304. The predicted molar refractivity (Wildman–Crippen MR) is 77.5 cm³/mol. The molecule has 2 heteroatoms. The molecule has 1 rings (SSSR count). The molecule has 1 aromatic rings. The largest absolute Gasteiger partial charge is 0.385 e. The van der Waals surface area contributed by atoms with Crippen LogP contribution in [0.3, 0.4) is 0 Å². The molecular weight excluding hydrogens is 220 g/mol. The maximum Gasteiger partial charge on any atom is 0.0994 e. The first kappa shape index (κ1) is 14.6. The fraction of sp³-hybridized carbons (Fsp3) is 0.562. The van der Waals surface area contributed by atoms with Gasteiger partial charge in [-0.2, -0.15) is 5.26 Å². The number of aryl methyl sites for hydroxylation is 1. The van der Waals surface area contributed by atoms with Crippen molar-refractivity contribution in [2.24, 2.45) is 17.8 Å². The van der Waals surface area contributed by atoms with Gasteiger partial charge in [0.1, 0.15) is 0 Å². The summed E-state index contributed by atoms with van der Waals surface area (Å²) in [5.41, 5.74) is 2.90. The molecule has 0 aliphatic carbocycles. The summed E-state index contributed by atoms with van der Waals surface area (Å²) in [6.07, 6.45) is 0. The number of anilines is 1. The molecule has 0 bridgehead atoms. The van der Waals surface area contributed by atoms with E-state index in [1.54, 1.807) is 0 Å². The Bertz CT molecular complexity index is 419. The Labute approximate surface area is 111 Å². The van der Waals surface area contributed by atoms with Crippen molar-refractivity contribution < 1.29 is 0 Å². The third-order valence-corrected chi connectivity index (χ3v) is 3.60. The van der Waals surface area contributed by atoms with E-state index in [0.717, 1.165) is 23.4 Å². The molecule has 0 fully saturated rings. The molecule has 0 saturated carbocycles. The van der Waals surface area contributed by atoms with Gasteiger partial charge >= 0.3 is 0 Å². The van der Waals surface area contributed by atoms with Gasteiger partial charge < -0.3 is 5.32 Å². The highest BCUT2D eigenvalue weighted by molar-refractivity contribution is 5.51. The van der Waals surface area contributed by atoms with Crippen molar-refractivity contribution in [3.63, 3.8) is 0 Å². The van der Waals surface area contributed by atoms with E-state index >= 15 is 0 Å². The molecule has 0 saturated heterocycles. The fourth-order valence-electron chi connectivity index (χ4n) is 2.38. The number of nitrogens with zero attached hydrogens (tertiary/aromatic N) is 1. The van der Waals surface area contributed by atoms with E-state index in [9.17, 15) is 0 Å². The molecule has 0 heterocycles. The molecule has 18 heavy (non-hydrogen) atoms. The monoisotopic (exact) mass is 244 g/mol. The van der Waals surface area contributed by atoms with Crippen molar-refractivity contribution in [3.05, 3.63) is 29.3 Å². The van der Waals surface area contributed by atoms with E-state index < -0.39 is 0 Å². The van der Waals surface area contributed by atoms with E-state index in [2.05, 4.69) is 45.1 Å². The minimum atomic E-state index is 0.668. The molecule has 0 atom stereocenters. The van der Waals surface area contributed by atoms with Gasteiger partial charge in [0, 0.05) is 12.2 Å². The van der Waals surface area contributed by atoms with Gasteiger partial charge in [-0.25, -0.2) is 0 Å². The van der Waals surface area contributed by atoms with Crippen LogP contribution in [-0.4, -0.2) is 6.54 Å². The molecule has 0 radical (unpaired) electrons. The summed E-state index contributed by atoms with van der Waals surface area (Å²) in [5, 5.41) is 12.4. The SMILES string of the molecule is Cc1cc(NCC(C(C)C)C(C)C)ccc1C#N. The summed E-state index contributed by atoms with van der Waals surface area (Å²) < 4.78 is 0. The molecule has 0 amide bonds. The molecular formula is C16H24N2. The van der Waals surface area contributed by atoms with Gasteiger partial charge in [-0.1, -0.05) is 27.7 Å². The van der Waals surface area contributed by atoms with Crippen LogP contribution in [0.25, 0.3) is 0 Å². The molecule has 1 aromatic carbocycles. The lowest BCUT2D eigenvalue weighted by Crippen LogP contribution is -2.24. The zero-order valence-corrected chi connectivity index (χ0v) is 12.1. The Morgan fingerprint density at radius 3 is 2.22 bits per heavy atom. The van der Waals surface area contributed by atoms with Crippen LogP contribution in [0.2, 0.25) is 0 Å². The van der Waals surface area contributed by atoms with E-state index in [1.807, 2.05) is 19.1 Å². The lowest BCUT2D eigenvalue weighted by atomic mass is 9.85. The Morgan fingerprint density at radius 1 is 1.17 bits per heavy atom. The first-order valence-electron chi connectivity index (χ1n) is 6.70. The maximum absolute atomic E-state index is 8.90. The average molecular weight is 244 g/mol. The average Bonchev–Trinajstić information content (AvgIpc) is 2.28. The number of hydrogen-bond acceptors (Lipinski definition) is 2. The predicted octanol–water partition coefficient (Wildman–Crippen LogP) is 4.21. The second-order valence-electron chi connectivity index (χ2n) is 5.67. The maximum atomic E-state index is 8.90. The van der Waals surface area contributed by atoms with Crippen LogP contribution in [0.4, 0.5) is 5.69 Å². The van der Waals surface area contributed by atoms with Gasteiger partial charge in [0.15, 0.2) is 0 Å². The molecule has 2 nitrogen and oxygen atoms in total. The zero-order chi connectivity index (χ0) is 13.7. The van der Waals surface area contributed by atoms with Crippen molar-refractivity contribution >= 4 is 5.69 Å². The Morgan fingerprint density at radius 2 is 1.78 bits per heavy atom. The number of benzene rings is 1. The third-order valence-electron chi connectivity index (χ3n) is 3.60. The summed E-state index contributed by atoms with van der Waals surface area (Å²) in [6, 6.07) is 8.12. The van der Waals surface area contributed by atoms with Crippen LogP contribution in [0.1, 0.15) is 38.8 Å². The summed E-state index contributed by atoms with van der Waals surface area (Å²) in [6.45, 7) is 12.1. The summed E-state index contributed by atoms with van der Waals surface area (Å²) in [4.78, 5) is 0. The van der Waals surface area contributed by atoms with Crippen LogP contribution in [0.5, 0.6) is 0 Å². The van der Waals surface area contributed by atoms with Gasteiger partial charge in [0.25, 0.3) is 0 Å². The van der Waals surface area contributed by atoms with Crippen molar-refractivity contribution in [2.75, 3.05) is 11.9 Å². The molecule has 0 aliphatic heterocycles. The minimum absolute atomic E-state index is 0.668. The minimum Gasteiger partial charge on any atom is -0.385 e. The molecule has 0 aromatic heterocycles. The molecule has 0 aliphatic rings. The molecule has 0 spiro atoms. The molecule has 1 N–H and O–H groups in total. The highest BCUT2D eigenvalue weighted by Gasteiger charge is 2.16. The smallest absolute Gasteiger partial charge is 0.0994 e. The van der Waals surface area contributed by atoms with E-state index in [4.69, 9.17) is 5.26 Å². The topological polar surface area (TPSA) is 35.8 Å². The Kier molecular flexibility index (Phi) is 5.22. The highest BCUT2D eigenvalue weighted by atomic mass is 14.9. The third kappa shape index (κ3) is 3.77. The van der Waals surface area contributed by atoms with Crippen LogP contribution in [0, 0.1) is 36.0 Å². The first-order valence-corrected chi connectivity index (χ1v) is 6.70. The second-order valence-corrected chi connectivity index (χ2v) is 5.67. The van der Waals surface area contributed by atoms with Crippen LogP contribution < -0.4 is 5.32 Å². The van der Waals surface area contributed by atoms with Gasteiger partial charge in [0.2, 0.25) is 0 Å². The van der Waals surface area contributed by atoms with Gasteiger partial charge in [0.05, 0.1) is 11.6 Å². The van der Waals surface area contributed by atoms with E-state index in [0.29, 0.717) is 17.8 Å². The van der Waals surface area contributed by atoms with Gasteiger partial charge in [-0.15, -0.1) is 0 Å². The lowest BCUT2D eigenvalue weighted by Gasteiger charge is -2.25. The van der Waals surface area contributed by atoms with Crippen molar-refractivity contribution in [2.45, 2.75) is 34.6 Å². The Hall–Kier alpha value is -1.49. The summed E-state index contributed by atoms with van der Waals surface area (Å²) in [5.74, 6) is 2.02. The summed E-state index contributed by atoms with van der Waals surface area (Å²) >= 11 is 0. The van der Waals surface area contributed by atoms with E-state index in [1.165, 1.54) is 0 Å². The zero-order valence-electron chi connectivity index (χ0n) is 12.1. The number of nitrogens with one attached hydrogen (secondary N) is 1. The van der Waals surface area contributed by atoms with Crippen molar-refractivity contribution in [1.29, 1.82) is 5.26 Å². The van der Waals surface area contributed by atoms with Crippen molar-refractivity contribution in [3.8, 4) is 6.07 Å².